The maximum atomic E-state index is 12.7. The number of nitrogens with zero attached hydrogens (tertiary/aromatic N) is 4. The van der Waals surface area contributed by atoms with Crippen LogP contribution in [0.4, 0.5) is 19.0 Å². The summed E-state index contributed by atoms with van der Waals surface area (Å²) in [6.45, 7) is 1.27. The molecule has 3 heterocycles. The molecule has 1 aliphatic heterocycles. The van der Waals surface area contributed by atoms with Crippen LogP contribution >= 0.6 is 11.6 Å². The highest BCUT2D eigenvalue weighted by Gasteiger charge is 2.34. The van der Waals surface area contributed by atoms with E-state index >= 15 is 0 Å². The Morgan fingerprint density at radius 2 is 1.84 bits per heavy atom. The molecular weight excluding hydrogens is 357 g/mol. The van der Waals surface area contributed by atoms with Crippen LogP contribution < -0.4 is 4.90 Å². The van der Waals surface area contributed by atoms with Crippen LogP contribution in [0.15, 0.2) is 16.8 Å². The Morgan fingerprint density at radius 1 is 1.12 bits per heavy atom. The fourth-order valence-corrected chi connectivity index (χ4v) is 3.36. The van der Waals surface area contributed by atoms with Gasteiger partial charge in [0, 0.05) is 31.1 Å². The molecule has 4 rings (SSSR count). The van der Waals surface area contributed by atoms with Crippen molar-refractivity contribution < 1.29 is 17.7 Å². The van der Waals surface area contributed by atoms with Gasteiger partial charge in [-0.3, -0.25) is 0 Å². The van der Waals surface area contributed by atoms with E-state index in [0.717, 1.165) is 49.7 Å². The minimum Gasteiger partial charge on any atom is -0.355 e. The molecule has 0 amide bonds. The molecule has 2 fully saturated rings. The summed E-state index contributed by atoms with van der Waals surface area (Å²) in [7, 11) is 0. The molecule has 134 valence electrons. The highest BCUT2D eigenvalue weighted by atomic mass is 35.5. The van der Waals surface area contributed by atoms with Gasteiger partial charge in [0.15, 0.2) is 5.82 Å². The van der Waals surface area contributed by atoms with E-state index in [1.165, 1.54) is 0 Å². The molecule has 1 saturated carbocycles. The molecule has 1 saturated heterocycles. The molecule has 0 N–H and O–H groups in total. The maximum Gasteiger partial charge on any atom is 0.417 e. The van der Waals surface area contributed by atoms with Crippen molar-refractivity contribution >= 4 is 17.4 Å². The Labute approximate surface area is 147 Å². The number of hydrogen-bond donors (Lipinski definition) is 0. The first-order valence-electron chi connectivity index (χ1n) is 8.23. The predicted molar refractivity (Wildman–Crippen MR) is 84.7 cm³/mol. The van der Waals surface area contributed by atoms with Gasteiger partial charge in [-0.15, -0.1) is 0 Å². The van der Waals surface area contributed by atoms with Gasteiger partial charge >= 0.3 is 6.18 Å². The predicted octanol–water partition coefficient (Wildman–Crippen LogP) is 4.40. The topological polar surface area (TPSA) is 55.1 Å². The largest absolute Gasteiger partial charge is 0.417 e. The van der Waals surface area contributed by atoms with E-state index in [1.54, 1.807) is 0 Å². The Morgan fingerprint density at radius 3 is 2.44 bits per heavy atom. The fraction of sp³-hybridized carbons (Fsp3) is 0.562. The van der Waals surface area contributed by atoms with Crippen molar-refractivity contribution in [2.45, 2.75) is 43.7 Å². The minimum absolute atomic E-state index is 0.0175. The molecule has 0 atom stereocenters. The monoisotopic (exact) mass is 372 g/mol. The van der Waals surface area contributed by atoms with Crippen molar-refractivity contribution in [3.63, 3.8) is 0 Å². The lowest BCUT2D eigenvalue weighted by molar-refractivity contribution is -0.137. The first-order valence-corrected chi connectivity index (χ1v) is 8.61. The van der Waals surface area contributed by atoms with E-state index in [0.29, 0.717) is 24.8 Å². The Bertz CT molecular complexity index is 767. The van der Waals surface area contributed by atoms with Gasteiger partial charge in [-0.2, -0.15) is 18.2 Å². The summed E-state index contributed by atoms with van der Waals surface area (Å²) in [6.07, 6.45) is 0.163. The first-order chi connectivity index (χ1) is 11.9. The van der Waals surface area contributed by atoms with Gasteiger partial charge in [0.1, 0.15) is 5.82 Å². The summed E-state index contributed by atoms with van der Waals surface area (Å²) in [5.74, 6) is 2.47. The van der Waals surface area contributed by atoms with Crippen LogP contribution in [0.2, 0.25) is 5.02 Å². The van der Waals surface area contributed by atoms with Gasteiger partial charge < -0.3 is 9.42 Å². The molecule has 5 nitrogen and oxygen atoms in total. The molecule has 0 radical (unpaired) electrons. The van der Waals surface area contributed by atoms with Gasteiger partial charge in [0.2, 0.25) is 5.89 Å². The van der Waals surface area contributed by atoms with Crippen LogP contribution in [0.3, 0.4) is 0 Å². The number of anilines is 1. The summed E-state index contributed by atoms with van der Waals surface area (Å²) in [6, 6.07) is 0.928. The minimum atomic E-state index is -4.44. The lowest BCUT2D eigenvalue weighted by Crippen LogP contribution is -2.34. The SMILES string of the molecule is FC(F)(F)c1cnc(N2CCC(c3noc(C4CC4)n3)CC2)c(Cl)c1. The third kappa shape index (κ3) is 3.44. The van der Waals surface area contributed by atoms with Gasteiger partial charge in [-0.05, 0) is 31.7 Å². The van der Waals surface area contributed by atoms with E-state index < -0.39 is 11.7 Å². The third-order valence-corrected chi connectivity index (χ3v) is 4.97. The van der Waals surface area contributed by atoms with Gasteiger partial charge in [0.25, 0.3) is 0 Å². The highest BCUT2D eigenvalue weighted by Crippen LogP contribution is 2.40. The second-order valence-electron chi connectivity index (χ2n) is 6.55. The second kappa shape index (κ2) is 6.16. The quantitative estimate of drug-likeness (QED) is 0.799. The molecule has 0 aromatic carbocycles. The van der Waals surface area contributed by atoms with Crippen LogP contribution in [-0.2, 0) is 6.18 Å². The van der Waals surface area contributed by atoms with Crippen molar-refractivity contribution in [2.24, 2.45) is 0 Å². The number of halogens is 4. The van der Waals surface area contributed by atoms with Crippen molar-refractivity contribution in [3.05, 3.63) is 34.6 Å². The van der Waals surface area contributed by atoms with Crippen LogP contribution in [0.25, 0.3) is 0 Å². The summed E-state index contributed by atoms with van der Waals surface area (Å²) < 4.78 is 43.4. The van der Waals surface area contributed by atoms with Gasteiger partial charge in [-0.25, -0.2) is 4.98 Å². The number of aromatic nitrogens is 3. The van der Waals surface area contributed by atoms with Crippen LogP contribution in [-0.4, -0.2) is 28.2 Å². The second-order valence-corrected chi connectivity index (χ2v) is 6.96. The number of rotatable bonds is 3. The number of pyridine rings is 1. The van der Waals surface area contributed by atoms with Crippen LogP contribution in [0.5, 0.6) is 0 Å². The lowest BCUT2D eigenvalue weighted by atomic mass is 9.96. The summed E-state index contributed by atoms with van der Waals surface area (Å²) >= 11 is 6.02. The zero-order valence-corrected chi connectivity index (χ0v) is 14.0. The maximum absolute atomic E-state index is 12.7. The van der Waals surface area contributed by atoms with Crippen molar-refractivity contribution in [3.8, 4) is 0 Å². The fourth-order valence-electron chi connectivity index (χ4n) is 3.08. The van der Waals surface area contributed by atoms with E-state index in [9.17, 15) is 13.2 Å². The average molecular weight is 373 g/mol. The smallest absolute Gasteiger partial charge is 0.355 e. The first kappa shape index (κ1) is 16.6. The van der Waals surface area contributed by atoms with Crippen LogP contribution in [0, 0.1) is 0 Å². The van der Waals surface area contributed by atoms with E-state index in [1.807, 2.05) is 4.90 Å². The van der Waals surface area contributed by atoms with Crippen LogP contribution in [0.1, 0.15) is 54.8 Å². The van der Waals surface area contributed by atoms with Crippen molar-refractivity contribution in [1.82, 2.24) is 15.1 Å². The number of hydrogen-bond acceptors (Lipinski definition) is 5. The molecule has 0 bridgehead atoms. The molecule has 0 unspecified atom stereocenters. The zero-order chi connectivity index (χ0) is 17.6. The Kier molecular flexibility index (Phi) is 4.10. The summed E-state index contributed by atoms with van der Waals surface area (Å²) in [5.41, 5.74) is -0.837. The zero-order valence-electron chi connectivity index (χ0n) is 13.3. The molecule has 2 aromatic heterocycles. The molecular formula is C16H16ClF3N4O. The molecule has 9 heteroatoms. The Hall–Kier alpha value is -1.83. The molecule has 0 spiro atoms. The lowest BCUT2D eigenvalue weighted by Gasteiger charge is -2.32. The molecule has 25 heavy (non-hydrogen) atoms. The van der Waals surface area contributed by atoms with Crippen molar-refractivity contribution in [1.29, 1.82) is 0 Å². The summed E-state index contributed by atoms with van der Waals surface area (Å²) in [4.78, 5) is 10.3. The highest BCUT2D eigenvalue weighted by molar-refractivity contribution is 6.33. The van der Waals surface area contributed by atoms with E-state index in [2.05, 4.69) is 15.1 Å². The van der Waals surface area contributed by atoms with Gasteiger partial charge in [0.05, 0.1) is 10.6 Å². The van der Waals surface area contributed by atoms with Gasteiger partial charge in [-0.1, -0.05) is 16.8 Å². The molecule has 2 aromatic rings. The standard InChI is InChI=1S/C16H16ClF3N4O/c17-12-7-11(16(18,19)20)8-21-14(12)24-5-3-9(4-6-24)13-22-15(25-23-13)10-1-2-10/h7-10H,1-6H2. The van der Waals surface area contributed by atoms with E-state index in [4.69, 9.17) is 16.1 Å². The average Bonchev–Trinajstić information content (AvgIpc) is 3.31. The third-order valence-electron chi connectivity index (χ3n) is 4.69. The number of piperidine rings is 1. The molecule has 2 aliphatic rings. The molecule has 1 aliphatic carbocycles. The Balaban J connectivity index is 1.42. The normalized spacial score (nSPS) is 19.4. The van der Waals surface area contributed by atoms with E-state index in [-0.39, 0.29) is 10.9 Å². The summed E-state index contributed by atoms with van der Waals surface area (Å²) in [5, 5.41) is 4.10. The van der Waals surface area contributed by atoms with Crippen molar-refractivity contribution in [2.75, 3.05) is 18.0 Å². The number of alkyl halides is 3.